The third kappa shape index (κ3) is 5.00. The Kier molecular flexibility index (Phi) is 7.36. The number of hydrogen-bond donors (Lipinski definition) is 2. The van der Waals surface area contributed by atoms with Gasteiger partial charge < -0.3 is 15.8 Å². The van der Waals surface area contributed by atoms with Crippen LogP contribution in [0.25, 0.3) is 0 Å². The highest BCUT2D eigenvalue weighted by atomic mass is 16.4. The van der Waals surface area contributed by atoms with Gasteiger partial charge in [0, 0.05) is 32.1 Å². The molecule has 1 aliphatic rings. The second-order valence-electron chi connectivity index (χ2n) is 5.47. The molecular weight excluding hydrogens is 256 g/mol. The molecule has 0 saturated carbocycles. The highest BCUT2D eigenvalue weighted by molar-refractivity contribution is 5.81. The van der Waals surface area contributed by atoms with Crippen LogP contribution in [0.2, 0.25) is 0 Å². The zero-order valence-electron chi connectivity index (χ0n) is 12.7. The molecule has 6 nitrogen and oxygen atoms in total. The van der Waals surface area contributed by atoms with Crippen molar-refractivity contribution in [1.82, 2.24) is 9.80 Å². The monoisotopic (exact) mass is 284 g/mol. The molecule has 20 heavy (non-hydrogen) atoms. The predicted octanol–water partition coefficient (Wildman–Crippen LogP) is 1.09. The molecule has 0 radical (unpaired) electrons. The average Bonchev–Trinajstić information content (AvgIpc) is 2.47. The molecule has 0 aromatic heterocycles. The van der Waals surface area contributed by atoms with Crippen LogP contribution >= 0.6 is 0 Å². The van der Waals surface area contributed by atoms with E-state index in [4.69, 9.17) is 10.9 Å². The van der Waals surface area contributed by atoms with E-state index < -0.39 is 0 Å². The van der Waals surface area contributed by atoms with Crippen LogP contribution in [0.4, 0.5) is 0 Å². The number of amidine groups is 1. The Hall–Kier alpha value is -1.30. The summed E-state index contributed by atoms with van der Waals surface area (Å²) in [6, 6.07) is 0. The van der Waals surface area contributed by atoms with Crippen molar-refractivity contribution in [1.29, 1.82) is 0 Å². The van der Waals surface area contributed by atoms with Gasteiger partial charge in [-0.1, -0.05) is 31.8 Å². The number of rotatable bonds is 7. The van der Waals surface area contributed by atoms with Gasteiger partial charge in [-0.3, -0.25) is 9.69 Å². The fourth-order valence-electron chi connectivity index (χ4n) is 2.73. The predicted molar refractivity (Wildman–Crippen MR) is 79.7 cm³/mol. The van der Waals surface area contributed by atoms with E-state index in [1.807, 2.05) is 4.90 Å². The first kappa shape index (κ1) is 16.8. The van der Waals surface area contributed by atoms with Crippen LogP contribution in [0.1, 0.15) is 39.5 Å². The van der Waals surface area contributed by atoms with Gasteiger partial charge in [0.05, 0.1) is 6.54 Å². The molecule has 3 N–H and O–H groups in total. The second-order valence-corrected chi connectivity index (χ2v) is 5.47. The molecule has 1 aliphatic heterocycles. The van der Waals surface area contributed by atoms with Crippen LogP contribution in [0, 0.1) is 5.92 Å². The number of amides is 1. The van der Waals surface area contributed by atoms with Crippen LogP contribution in [-0.2, 0) is 4.79 Å². The van der Waals surface area contributed by atoms with E-state index in [-0.39, 0.29) is 11.8 Å². The zero-order chi connectivity index (χ0) is 15.0. The summed E-state index contributed by atoms with van der Waals surface area (Å²) < 4.78 is 0. The van der Waals surface area contributed by atoms with Crippen LogP contribution in [0.15, 0.2) is 5.16 Å². The maximum absolute atomic E-state index is 12.5. The van der Waals surface area contributed by atoms with Gasteiger partial charge in [-0.15, -0.1) is 0 Å². The topological polar surface area (TPSA) is 82.2 Å². The van der Waals surface area contributed by atoms with E-state index in [9.17, 15) is 4.79 Å². The lowest BCUT2D eigenvalue weighted by molar-refractivity contribution is -0.137. The fourth-order valence-corrected chi connectivity index (χ4v) is 2.73. The third-order valence-electron chi connectivity index (χ3n) is 3.82. The van der Waals surface area contributed by atoms with E-state index >= 15 is 0 Å². The van der Waals surface area contributed by atoms with Gasteiger partial charge in [0.1, 0.15) is 0 Å². The van der Waals surface area contributed by atoms with E-state index in [0.29, 0.717) is 12.5 Å². The SMILES string of the molecule is CCCC(CCC)C(=O)N1CCN(CC(N)=NO)CC1. The summed E-state index contributed by atoms with van der Waals surface area (Å²) in [4.78, 5) is 16.6. The van der Waals surface area contributed by atoms with Gasteiger partial charge in [-0.2, -0.15) is 0 Å². The van der Waals surface area contributed by atoms with Gasteiger partial charge in [-0.05, 0) is 12.8 Å². The first-order valence-corrected chi connectivity index (χ1v) is 7.59. The van der Waals surface area contributed by atoms with Gasteiger partial charge in [0.15, 0.2) is 5.84 Å². The molecule has 0 bridgehead atoms. The molecule has 1 fully saturated rings. The lowest BCUT2D eigenvalue weighted by atomic mass is 9.96. The van der Waals surface area contributed by atoms with Gasteiger partial charge in [0.25, 0.3) is 0 Å². The van der Waals surface area contributed by atoms with E-state index in [1.165, 1.54) is 0 Å². The molecule has 0 unspecified atom stereocenters. The molecule has 0 spiro atoms. The van der Waals surface area contributed by atoms with Crippen molar-refractivity contribution in [3.8, 4) is 0 Å². The minimum Gasteiger partial charge on any atom is -0.409 e. The smallest absolute Gasteiger partial charge is 0.225 e. The molecular formula is C14H28N4O2. The van der Waals surface area contributed by atoms with Crippen LogP contribution < -0.4 is 5.73 Å². The minimum absolute atomic E-state index is 0.181. The molecule has 6 heteroatoms. The highest BCUT2D eigenvalue weighted by Crippen LogP contribution is 2.18. The van der Waals surface area contributed by atoms with Crippen LogP contribution in [0.5, 0.6) is 0 Å². The summed E-state index contributed by atoms with van der Waals surface area (Å²) in [5.74, 6) is 0.706. The van der Waals surface area contributed by atoms with Gasteiger partial charge in [-0.25, -0.2) is 0 Å². The lowest BCUT2D eigenvalue weighted by Crippen LogP contribution is -2.52. The molecule has 1 heterocycles. The summed E-state index contributed by atoms with van der Waals surface area (Å²) in [7, 11) is 0. The maximum atomic E-state index is 12.5. The normalized spacial score (nSPS) is 17.8. The summed E-state index contributed by atoms with van der Waals surface area (Å²) in [6.07, 6.45) is 4.08. The molecule has 0 aliphatic carbocycles. The first-order chi connectivity index (χ1) is 9.62. The van der Waals surface area contributed by atoms with E-state index in [2.05, 4.69) is 23.9 Å². The van der Waals surface area contributed by atoms with E-state index in [0.717, 1.165) is 51.9 Å². The van der Waals surface area contributed by atoms with Crippen molar-refractivity contribution in [3.63, 3.8) is 0 Å². The molecule has 116 valence electrons. The Morgan fingerprint density at radius 3 is 2.20 bits per heavy atom. The Bertz CT molecular complexity index is 319. The molecule has 0 aromatic rings. The van der Waals surface area contributed by atoms with Crippen LogP contribution in [0.3, 0.4) is 0 Å². The zero-order valence-corrected chi connectivity index (χ0v) is 12.7. The summed E-state index contributed by atoms with van der Waals surface area (Å²) >= 11 is 0. The van der Waals surface area contributed by atoms with Gasteiger partial charge in [0.2, 0.25) is 5.91 Å². The number of carbonyl (C=O) groups is 1. The standard InChI is InChI=1S/C14H28N4O2/c1-3-5-12(6-4-2)14(19)18-9-7-17(8-10-18)11-13(15)16-20/h12,20H,3-11H2,1-2H3,(H2,15,16). The van der Waals surface area contributed by atoms with Gasteiger partial charge >= 0.3 is 0 Å². The fraction of sp³-hybridized carbons (Fsp3) is 0.857. The lowest BCUT2D eigenvalue weighted by Gasteiger charge is -2.36. The number of nitrogens with zero attached hydrogens (tertiary/aromatic N) is 3. The summed E-state index contributed by atoms with van der Waals surface area (Å²) in [5, 5.41) is 11.6. The van der Waals surface area contributed by atoms with Crippen molar-refractivity contribution in [2.24, 2.45) is 16.8 Å². The number of oxime groups is 1. The largest absolute Gasteiger partial charge is 0.409 e. The quantitative estimate of drug-likeness (QED) is 0.317. The molecule has 0 atom stereocenters. The number of nitrogens with two attached hydrogens (primary N) is 1. The number of carbonyl (C=O) groups excluding carboxylic acids is 1. The van der Waals surface area contributed by atoms with Crippen molar-refractivity contribution in [2.45, 2.75) is 39.5 Å². The van der Waals surface area contributed by atoms with Crippen molar-refractivity contribution in [3.05, 3.63) is 0 Å². The van der Waals surface area contributed by atoms with Crippen molar-refractivity contribution >= 4 is 11.7 Å². The Morgan fingerprint density at radius 2 is 1.75 bits per heavy atom. The summed E-state index contributed by atoms with van der Waals surface area (Å²) in [6.45, 7) is 7.77. The maximum Gasteiger partial charge on any atom is 0.225 e. The first-order valence-electron chi connectivity index (χ1n) is 7.59. The Balaban J connectivity index is 2.45. The second kappa shape index (κ2) is 8.79. The third-order valence-corrected chi connectivity index (χ3v) is 3.82. The molecule has 1 saturated heterocycles. The molecule has 0 aromatic carbocycles. The Labute approximate surface area is 121 Å². The van der Waals surface area contributed by atoms with Crippen molar-refractivity contribution in [2.75, 3.05) is 32.7 Å². The highest BCUT2D eigenvalue weighted by Gasteiger charge is 2.26. The molecule has 1 amide bonds. The van der Waals surface area contributed by atoms with Crippen LogP contribution in [-0.4, -0.2) is 59.5 Å². The summed E-state index contributed by atoms with van der Waals surface area (Å²) in [5.41, 5.74) is 5.50. The minimum atomic E-state index is 0.181. The van der Waals surface area contributed by atoms with Crippen molar-refractivity contribution < 1.29 is 10.0 Å². The Morgan fingerprint density at radius 1 is 1.20 bits per heavy atom. The average molecular weight is 284 g/mol. The number of piperazine rings is 1. The molecule has 1 rings (SSSR count). The van der Waals surface area contributed by atoms with E-state index in [1.54, 1.807) is 0 Å². The number of hydrogen-bond acceptors (Lipinski definition) is 4.